The average molecular weight is 889 g/mol. The molecule has 13 heteroatoms. The molecule has 4 aromatic carbocycles. The second-order valence-corrected chi connectivity index (χ2v) is 22.9. The molecule has 6 rings (SSSR count). The number of methoxy groups -OCH3 is 1. The van der Waals surface area contributed by atoms with Crippen molar-refractivity contribution in [2.24, 2.45) is 0 Å². The summed E-state index contributed by atoms with van der Waals surface area (Å²) in [4.78, 5) is 18.2. The second-order valence-electron chi connectivity index (χ2n) is 17.5. The fourth-order valence-corrected chi connectivity index (χ4v) is 14.9. The number of benzene rings is 4. The molecule has 2 heterocycles. The van der Waals surface area contributed by atoms with E-state index in [9.17, 15) is 13.6 Å². The summed E-state index contributed by atoms with van der Waals surface area (Å²) < 4.78 is 71.0. The summed E-state index contributed by atoms with van der Waals surface area (Å²) in [6, 6.07) is 27.4. The van der Waals surface area contributed by atoms with Crippen molar-refractivity contribution >= 4 is 20.1 Å². The second kappa shape index (κ2) is 22.9. The number of likely N-dealkylation sites (tertiary alicyclic amines) is 1. The quantitative estimate of drug-likeness (QED) is 0.0599. The van der Waals surface area contributed by atoms with E-state index in [2.05, 4.69) is 70.7 Å². The van der Waals surface area contributed by atoms with Gasteiger partial charge in [-0.05, 0) is 69.6 Å². The van der Waals surface area contributed by atoms with E-state index in [0.29, 0.717) is 56.1 Å². The molecular formula is C50H66F2N2O8Si. The van der Waals surface area contributed by atoms with Crippen molar-refractivity contribution < 1.29 is 46.4 Å². The van der Waals surface area contributed by atoms with Gasteiger partial charge in [-0.25, -0.2) is 13.6 Å². The predicted octanol–water partition coefficient (Wildman–Crippen LogP) is 10.7. The number of carbonyl (C=O) groups is 1. The monoisotopic (exact) mass is 888 g/mol. The molecule has 0 aromatic heterocycles. The first kappa shape index (κ1) is 47.9. The zero-order chi connectivity index (χ0) is 44.9. The third kappa shape index (κ3) is 12.4. The van der Waals surface area contributed by atoms with Gasteiger partial charge in [0.15, 0.2) is 11.6 Å². The number of hydrogen-bond donors (Lipinski definition) is 0. The van der Waals surface area contributed by atoms with Crippen LogP contribution in [-0.4, -0.2) is 91.2 Å². The summed E-state index contributed by atoms with van der Waals surface area (Å²) in [5.41, 5.74) is 5.86. The van der Waals surface area contributed by atoms with Crippen molar-refractivity contribution in [2.75, 3.05) is 64.6 Å². The smallest absolute Gasteiger partial charge is 0.410 e. The molecular weight excluding hydrogens is 823 g/mol. The van der Waals surface area contributed by atoms with Crippen molar-refractivity contribution in [3.63, 3.8) is 0 Å². The first-order chi connectivity index (χ1) is 30.4. The Balaban J connectivity index is 1.27. The zero-order valence-corrected chi connectivity index (χ0v) is 39.0. The minimum atomic E-state index is -2.49. The van der Waals surface area contributed by atoms with Gasteiger partial charge in [-0.1, -0.05) is 102 Å². The molecule has 10 nitrogen and oxygen atoms in total. The lowest BCUT2D eigenvalue weighted by molar-refractivity contribution is -0.0663. The number of hydrogen-bond acceptors (Lipinski definition) is 9. The maximum Gasteiger partial charge on any atom is 0.410 e. The molecule has 0 bridgehead atoms. The number of amides is 1. The number of anilines is 1. The summed E-state index contributed by atoms with van der Waals surface area (Å²) in [5, 5.41) is 0. The van der Waals surface area contributed by atoms with Gasteiger partial charge in [0.25, 0.3) is 0 Å². The molecule has 63 heavy (non-hydrogen) atoms. The molecule has 1 saturated heterocycles. The number of ether oxygens (including phenoxy) is 6. The van der Waals surface area contributed by atoms with Crippen LogP contribution in [0.4, 0.5) is 19.3 Å². The van der Waals surface area contributed by atoms with Crippen LogP contribution >= 0.6 is 0 Å². The highest BCUT2D eigenvalue weighted by molar-refractivity contribution is 6.77. The van der Waals surface area contributed by atoms with Crippen molar-refractivity contribution in [3.05, 3.63) is 125 Å². The fourth-order valence-electron chi connectivity index (χ4n) is 9.37. The Hall–Kier alpha value is -4.53. The molecule has 0 N–H and O–H groups in total. The van der Waals surface area contributed by atoms with Crippen LogP contribution in [0, 0.1) is 11.6 Å². The zero-order valence-electron chi connectivity index (χ0n) is 38.0. The van der Waals surface area contributed by atoms with Gasteiger partial charge in [0.1, 0.15) is 31.4 Å². The SMILES string of the molecule is COCCCN1CCOc2ccc(COC3CN(C(=O)OCc4ccccc4)CC(O[Si](C(C)C)(C(C)C)C(C)C)C3c3ccc(COCCOc4cc(F)ccc4F)cc3)cc21. The molecule has 3 atom stereocenters. The number of piperidine rings is 1. The molecule has 0 radical (unpaired) electrons. The Morgan fingerprint density at radius 3 is 2.19 bits per heavy atom. The Morgan fingerprint density at radius 1 is 0.778 bits per heavy atom. The number of carbonyl (C=O) groups excluding carboxylic acids is 1. The predicted molar refractivity (Wildman–Crippen MR) is 244 cm³/mol. The molecule has 0 aliphatic carbocycles. The maximum absolute atomic E-state index is 14.1. The Kier molecular flexibility index (Phi) is 17.4. The fraction of sp³-hybridized carbons (Fsp3) is 0.500. The normalized spacial score (nSPS) is 17.9. The average Bonchev–Trinajstić information content (AvgIpc) is 3.27. The molecule has 342 valence electrons. The Morgan fingerprint density at radius 2 is 1.48 bits per heavy atom. The summed E-state index contributed by atoms with van der Waals surface area (Å²) in [6.07, 6.45) is -0.329. The topological polar surface area (TPSA) is 88.2 Å². The van der Waals surface area contributed by atoms with E-state index in [1.165, 1.54) is 0 Å². The van der Waals surface area contributed by atoms with Crippen LogP contribution in [-0.2, 0) is 43.2 Å². The lowest BCUT2D eigenvalue weighted by Gasteiger charge is -2.50. The first-order valence-electron chi connectivity index (χ1n) is 22.4. The van der Waals surface area contributed by atoms with Gasteiger partial charge >= 0.3 is 6.09 Å². The van der Waals surface area contributed by atoms with Gasteiger partial charge in [-0.2, -0.15) is 0 Å². The Bertz CT molecular complexity index is 2020. The van der Waals surface area contributed by atoms with Crippen LogP contribution in [0.1, 0.15) is 76.1 Å². The van der Waals surface area contributed by atoms with E-state index in [1.54, 1.807) is 12.0 Å². The van der Waals surface area contributed by atoms with E-state index in [0.717, 1.165) is 71.4 Å². The molecule has 1 amide bonds. The molecule has 3 unspecified atom stereocenters. The van der Waals surface area contributed by atoms with Crippen LogP contribution < -0.4 is 14.4 Å². The molecule has 0 spiro atoms. The van der Waals surface area contributed by atoms with Crippen molar-refractivity contribution in [2.45, 2.75) is 103 Å². The summed E-state index contributed by atoms with van der Waals surface area (Å²) in [6.45, 7) is 18.3. The van der Waals surface area contributed by atoms with Gasteiger partial charge in [0.2, 0.25) is 8.32 Å². The largest absolute Gasteiger partial charge is 0.490 e. The van der Waals surface area contributed by atoms with Gasteiger partial charge in [0.05, 0.1) is 50.8 Å². The summed E-state index contributed by atoms with van der Waals surface area (Å²) in [5.74, 6) is -0.705. The van der Waals surface area contributed by atoms with Gasteiger partial charge in [-0.15, -0.1) is 0 Å². The molecule has 1 fully saturated rings. The van der Waals surface area contributed by atoms with E-state index in [-0.39, 0.29) is 37.6 Å². The van der Waals surface area contributed by atoms with Crippen molar-refractivity contribution in [1.29, 1.82) is 0 Å². The van der Waals surface area contributed by atoms with Gasteiger partial charge < -0.3 is 42.6 Å². The molecule has 2 aliphatic heterocycles. The van der Waals surface area contributed by atoms with Crippen LogP contribution in [0.15, 0.2) is 91.0 Å². The lowest BCUT2D eigenvalue weighted by atomic mass is 9.84. The van der Waals surface area contributed by atoms with Gasteiger partial charge in [-0.3, -0.25) is 0 Å². The molecule has 2 aliphatic rings. The Labute approximate surface area is 373 Å². The molecule has 4 aromatic rings. The highest BCUT2D eigenvalue weighted by Crippen LogP contribution is 2.46. The number of fused-ring (bicyclic) bond motifs is 1. The van der Waals surface area contributed by atoms with E-state index in [1.807, 2.05) is 48.5 Å². The summed E-state index contributed by atoms with van der Waals surface area (Å²) >= 11 is 0. The highest BCUT2D eigenvalue weighted by atomic mass is 28.4. The molecule has 0 saturated carbocycles. The first-order valence-corrected chi connectivity index (χ1v) is 24.5. The minimum Gasteiger partial charge on any atom is -0.490 e. The third-order valence-electron chi connectivity index (χ3n) is 12.4. The van der Waals surface area contributed by atoms with Crippen LogP contribution in [0.3, 0.4) is 0 Å². The third-order valence-corrected chi connectivity index (χ3v) is 18.5. The lowest BCUT2D eigenvalue weighted by Crippen LogP contribution is -2.59. The number of halogens is 2. The number of rotatable bonds is 21. The maximum atomic E-state index is 14.1. The van der Waals surface area contributed by atoms with Crippen LogP contribution in [0.25, 0.3) is 0 Å². The highest BCUT2D eigenvalue weighted by Gasteiger charge is 2.51. The van der Waals surface area contributed by atoms with Crippen LogP contribution in [0.2, 0.25) is 16.6 Å². The van der Waals surface area contributed by atoms with E-state index in [4.69, 9.17) is 32.8 Å². The van der Waals surface area contributed by atoms with Crippen LogP contribution in [0.5, 0.6) is 11.5 Å². The van der Waals surface area contributed by atoms with Gasteiger partial charge in [0, 0.05) is 38.8 Å². The minimum absolute atomic E-state index is 0.0686. The van der Waals surface area contributed by atoms with E-state index < -0.39 is 32.1 Å². The summed E-state index contributed by atoms with van der Waals surface area (Å²) in [7, 11) is -0.762. The van der Waals surface area contributed by atoms with Crippen molar-refractivity contribution in [3.8, 4) is 11.5 Å². The van der Waals surface area contributed by atoms with Crippen molar-refractivity contribution in [1.82, 2.24) is 4.90 Å². The standard InChI is InChI=1S/C50H66F2N2O8Si/c1-35(2)63(36(3)4,37(5)6)62-48-31-54(50(55)61-33-38-12-9-8-10-13-38)30-47(60-34-40-16-21-45-44(28-40)53(23-25-58-45)22-11-24-56-7)49(48)41-17-14-39(15-18-41)32-57-26-27-59-46-29-42(51)19-20-43(46)52/h8-10,12-21,28-29,35-37,47-49H,11,22-27,30-34H2,1-7H3. The number of nitrogens with zero attached hydrogens (tertiary/aromatic N) is 2. The van der Waals surface area contributed by atoms with E-state index >= 15 is 0 Å².